The summed E-state index contributed by atoms with van der Waals surface area (Å²) < 4.78 is 33.2. The number of methoxy groups -OCH3 is 1. The van der Waals surface area contributed by atoms with Crippen LogP contribution in [0.5, 0.6) is 5.75 Å². The number of rotatable bonds is 13. The topological polar surface area (TPSA) is 90.9 Å². The van der Waals surface area contributed by atoms with Crippen molar-refractivity contribution in [3.05, 3.63) is 100 Å². The first-order valence-corrected chi connectivity index (χ1v) is 14.3. The number of ether oxygens (including phenoxy) is 1. The summed E-state index contributed by atoms with van der Waals surface area (Å²) in [7, 11) is 1.58. The Hall–Kier alpha value is -3.66. The maximum absolute atomic E-state index is 14.0. The van der Waals surface area contributed by atoms with E-state index in [9.17, 15) is 23.5 Å². The van der Waals surface area contributed by atoms with E-state index in [1.165, 1.54) is 12.1 Å². The largest absolute Gasteiger partial charge is 0.497 e. The first-order chi connectivity index (χ1) is 20.2. The zero-order valence-corrected chi connectivity index (χ0v) is 24.3. The highest BCUT2D eigenvalue weighted by molar-refractivity contribution is 6.03. The maximum atomic E-state index is 14.0. The SMILES string of the molecule is CCN1CCC[C@H]1C(=O)c1cc(C)cc(C(=O)N[C@@H](Cc2cc(F)cc(F)c2)[C@H](O)CNCc2cccc(OC)c2)c1. The molecule has 9 heteroatoms. The van der Waals surface area contributed by atoms with Crippen molar-refractivity contribution in [2.45, 2.75) is 57.8 Å². The van der Waals surface area contributed by atoms with Gasteiger partial charge in [-0.15, -0.1) is 0 Å². The Balaban J connectivity index is 1.51. The molecule has 3 aromatic rings. The van der Waals surface area contributed by atoms with Crippen LogP contribution in [0.1, 0.15) is 57.2 Å². The summed E-state index contributed by atoms with van der Waals surface area (Å²) in [5.41, 5.74) is 2.75. The van der Waals surface area contributed by atoms with E-state index in [0.29, 0.717) is 23.4 Å². The van der Waals surface area contributed by atoms with Gasteiger partial charge in [-0.05, 0) is 98.4 Å². The molecule has 3 atom stereocenters. The number of ketones is 1. The normalized spacial score (nSPS) is 16.7. The van der Waals surface area contributed by atoms with Crippen molar-refractivity contribution in [3.63, 3.8) is 0 Å². The van der Waals surface area contributed by atoms with E-state index < -0.39 is 29.7 Å². The lowest BCUT2D eigenvalue weighted by Crippen LogP contribution is -2.48. The number of benzene rings is 3. The number of halogens is 2. The molecule has 7 nitrogen and oxygen atoms in total. The fourth-order valence-corrected chi connectivity index (χ4v) is 5.56. The standard InChI is InChI=1S/C33H39F2N3O4/c1-4-38-10-6-9-30(38)32(40)24-11-21(2)12-25(17-24)33(41)37-29(16-23-13-26(34)18-27(35)14-23)31(39)20-36-19-22-7-5-8-28(15-22)42-3/h5,7-8,11-15,17-18,29-31,36,39H,4,6,9-10,16,19-20H2,1-3H3,(H,37,41)/t29-,30-,31+/m0/s1. The Bertz CT molecular complexity index is 1380. The molecule has 0 bridgehead atoms. The molecule has 0 aromatic heterocycles. The predicted molar refractivity (Wildman–Crippen MR) is 158 cm³/mol. The van der Waals surface area contributed by atoms with E-state index in [1.54, 1.807) is 25.3 Å². The van der Waals surface area contributed by atoms with E-state index in [4.69, 9.17) is 4.74 Å². The lowest BCUT2D eigenvalue weighted by atomic mass is 9.96. The monoisotopic (exact) mass is 579 g/mol. The number of amides is 1. The van der Waals surface area contributed by atoms with Gasteiger partial charge in [0.25, 0.3) is 5.91 Å². The highest BCUT2D eigenvalue weighted by Crippen LogP contribution is 2.23. The minimum Gasteiger partial charge on any atom is -0.497 e. The summed E-state index contributed by atoms with van der Waals surface area (Å²) in [5.74, 6) is -1.27. The molecule has 0 saturated carbocycles. The molecule has 42 heavy (non-hydrogen) atoms. The van der Waals surface area contributed by atoms with Gasteiger partial charge < -0.3 is 20.5 Å². The lowest BCUT2D eigenvalue weighted by Gasteiger charge is -2.25. The zero-order chi connectivity index (χ0) is 30.2. The summed E-state index contributed by atoms with van der Waals surface area (Å²) in [6, 6.07) is 14.6. The van der Waals surface area contributed by atoms with Crippen LogP contribution in [-0.4, -0.2) is 66.6 Å². The summed E-state index contributed by atoms with van der Waals surface area (Å²) >= 11 is 0. The van der Waals surface area contributed by atoms with Crippen molar-refractivity contribution in [1.82, 2.24) is 15.5 Å². The van der Waals surface area contributed by atoms with Crippen LogP contribution in [0.2, 0.25) is 0 Å². The first-order valence-electron chi connectivity index (χ1n) is 14.3. The average molecular weight is 580 g/mol. The molecular formula is C33H39F2N3O4. The van der Waals surface area contributed by atoms with Crippen LogP contribution >= 0.6 is 0 Å². The van der Waals surface area contributed by atoms with Crippen LogP contribution in [-0.2, 0) is 13.0 Å². The fourth-order valence-electron chi connectivity index (χ4n) is 5.56. The Morgan fingerprint density at radius 1 is 1.05 bits per heavy atom. The van der Waals surface area contributed by atoms with Gasteiger partial charge in [0.15, 0.2) is 5.78 Å². The van der Waals surface area contributed by atoms with Gasteiger partial charge in [-0.2, -0.15) is 0 Å². The molecular weight excluding hydrogens is 540 g/mol. The van der Waals surface area contributed by atoms with Gasteiger partial charge in [0.1, 0.15) is 17.4 Å². The first kappa shape index (κ1) is 31.3. The predicted octanol–water partition coefficient (Wildman–Crippen LogP) is 4.44. The summed E-state index contributed by atoms with van der Waals surface area (Å²) in [6.07, 6.45) is 0.639. The molecule has 0 aliphatic carbocycles. The van der Waals surface area contributed by atoms with Crippen LogP contribution in [0.25, 0.3) is 0 Å². The molecule has 0 spiro atoms. The Labute approximate surface area is 245 Å². The number of Topliss-reactive ketones (excluding diaryl/α,β-unsaturated/α-hetero) is 1. The number of aliphatic hydroxyl groups excluding tert-OH is 1. The van der Waals surface area contributed by atoms with E-state index in [2.05, 4.69) is 15.5 Å². The molecule has 1 aliphatic rings. The highest BCUT2D eigenvalue weighted by Gasteiger charge is 2.31. The molecule has 3 N–H and O–H groups in total. The molecule has 1 fully saturated rings. The van der Waals surface area contributed by atoms with Crippen molar-refractivity contribution >= 4 is 11.7 Å². The average Bonchev–Trinajstić information content (AvgIpc) is 3.44. The minimum atomic E-state index is -1.09. The lowest BCUT2D eigenvalue weighted by molar-refractivity contribution is 0.0829. The second-order valence-corrected chi connectivity index (χ2v) is 10.9. The number of hydrogen-bond donors (Lipinski definition) is 3. The van der Waals surface area contributed by atoms with Gasteiger partial charge in [0, 0.05) is 30.3 Å². The van der Waals surface area contributed by atoms with Crippen LogP contribution in [0, 0.1) is 18.6 Å². The molecule has 3 aromatic carbocycles. The quantitative estimate of drug-likeness (QED) is 0.260. The molecule has 0 radical (unpaired) electrons. The zero-order valence-electron chi connectivity index (χ0n) is 24.3. The third-order valence-corrected chi connectivity index (χ3v) is 7.67. The van der Waals surface area contributed by atoms with Gasteiger partial charge in [-0.3, -0.25) is 14.5 Å². The van der Waals surface area contributed by atoms with Crippen molar-refractivity contribution in [2.75, 3.05) is 26.7 Å². The Morgan fingerprint density at radius 2 is 1.79 bits per heavy atom. The van der Waals surface area contributed by atoms with Gasteiger partial charge in [-0.25, -0.2) is 8.78 Å². The molecule has 1 aliphatic heterocycles. The number of carbonyl (C=O) groups is 2. The second-order valence-electron chi connectivity index (χ2n) is 10.9. The summed E-state index contributed by atoms with van der Waals surface area (Å²) in [6.45, 7) is 6.04. The van der Waals surface area contributed by atoms with Gasteiger partial charge in [-0.1, -0.05) is 19.1 Å². The molecule has 1 saturated heterocycles. The van der Waals surface area contributed by atoms with Crippen LogP contribution < -0.4 is 15.4 Å². The molecule has 4 rings (SSSR count). The maximum Gasteiger partial charge on any atom is 0.251 e. The van der Waals surface area contributed by atoms with Crippen molar-refractivity contribution < 1.29 is 28.2 Å². The molecule has 1 amide bonds. The second kappa shape index (κ2) is 14.5. The number of aliphatic hydroxyl groups is 1. The van der Waals surface area contributed by atoms with Crippen molar-refractivity contribution in [1.29, 1.82) is 0 Å². The van der Waals surface area contributed by atoms with Crippen molar-refractivity contribution in [2.24, 2.45) is 0 Å². The van der Waals surface area contributed by atoms with Gasteiger partial charge >= 0.3 is 0 Å². The summed E-state index contributed by atoms with van der Waals surface area (Å²) in [5, 5.41) is 17.2. The van der Waals surface area contributed by atoms with Crippen LogP contribution in [0.4, 0.5) is 8.78 Å². The summed E-state index contributed by atoms with van der Waals surface area (Å²) in [4.78, 5) is 29.0. The Morgan fingerprint density at radius 3 is 2.50 bits per heavy atom. The van der Waals surface area contributed by atoms with Crippen LogP contribution in [0.15, 0.2) is 60.7 Å². The van der Waals surface area contributed by atoms with Gasteiger partial charge in [0.2, 0.25) is 0 Å². The molecule has 224 valence electrons. The number of nitrogens with zero attached hydrogens (tertiary/aromatic N) is 1. The van der Waals surface area contributed by atoms with E-state index in [1.807, 2.05) is 38.1 Å². The number of likely N-dealkylation sites (tertiary alicyclic amines) is 1. The number of likely N-dealkylation sites (N-methyl/N-ethyl adjacent to an activating group) is 1. The number of aryl methyl sites for hydroxylation is 1. The van der Waals surface area contributed by atoms with E-state index in [0.717, 1.165) is 43.1 Å². The number of carbonyl (C=O) groups excluding carboxylic acids is 2. The minimum absolute atomic E-state index is 0.00638. The fraction of sp³-hybridized carbons (Fsp3) is 0.394. The van der Waals surface area contributed by atoms with Crippen molar-refractivity contribution in [3.8, 4) is 5.75 Å². The molecule has 0 unspecified atom stereocenters. The third-order valence-electron chi connectivity index (χ3n) is 7.67. The third kappa shape index (κ3) is 8.21. The number of nitrogens with one attached hydrogen (secondary N) is 2. The Kier molecular flexibility index (Phi) is 10.8. The molecule has 1 heterocycles. The smallest absolute Gasteiger partial charge is 0.251 e. The van der Waals surface area contributed by atoms with E-state index in [-0.39, 0.29) is 30.4 Å². The highest BCUT2D eigenvalue weighted by atomic mass is 19.1. The number of hydrogen-bond acceptors (Lipinski definition) is 6. The van der Waals surface area contributed by atoms with Gasteiger partial charge in [0.05, 0.1) is 25.3 Å². The van der Waals surface area contributed by atoms with Crippen LogP contribution in [0.3, 0.4) is 0 Å². The van der Waals surface area contributed by atoms with E-state index >= 15 is 0 Å².